The number of carbonyl (C=O) groups is 1. The number of hydrogen-bond donors (Lipinski definition) is 2. The van der Waals surface area contributed by atoms with Crippen LogP contribution in [-0.2, 0) is 14.1 Å². The number of aliphatic hydroxyl groups excluding tert-OH is 1. The second-order valence-electron chi connectivity index (χ2n) is 8.00. The molecule has 3 aromatic rings. The number of halogens is 1. The Labute approximate surface area is 198 Å². The number of carbonyl (C=O) groups excluding carboxylic acids is 1. The van der Waals surface area contributed by atoms with Crippen LogP contribution in [-0.4, -0.2) is 33.2 Å². The molecule has 0 aliphatic carbocycles. The summed E-state index contributed by atoms with van der Waals surface area (Å²) < 4.78 is 29.3. The van der Waals surface area contributed by atoms with Gasteiger partial charge in [0.1, 0.15) is 11.9 Å². The van der Waals surface area contributed by atoms with Gasteiger partial charge in [-0.1, -0.05) is 56.3 Å². The van der Waals surface area contributed by atoms with Gasteiger partial charge in [-0.3, -0.25) is 14.3 Å². The lowest BCUT2D eigenvalue weighted by atomic mass is 9.93. The van der Waals surface area contributed by atoms with Crippen LogP contribution >= 0.6 is 8.03 Å². The summed E-state index contributed by atoms with van der Waals surface area (Å²) in [5.74, 6) is 1.66. The maximum atomic E-state index is 13.6. The number of rotatable bonds is 7. The molecule has 0 aliphatic heterocycles. The molecule has 0 saturated carbocycles. The Bertz CT molecular complexity index is 1230. The molecular weight excluding hydrogens is 456 g/mol. The minimum atomic E-state index is -2.90. The molecule has 3 rings (SSSR count). The molecule has 2 N–H and O–H groups in total. The second-order valence-corrected chi connectivity index (χ2v) is 9.20. The van der Waals surface area contributed by atoms with Crippen molar-refractivity contribution in [3.05, 3.63) is 77.7 Å². The van der Waals surface area contributed by atoms with E-state index >= 15 is 0 Å². The van der Waals surface area contributed by atoms with Crippen molar-refractivity contribution < 1.29 is 28.5 Å². The summed E-state index contributed by atoms with van der Waals surface area (Å²) in [6.07, 6.45) is 0.270. The van der Waals surface area contributed by atoms with Gasteiger partial charge in [-0.2, -0.15) is 0 Å². The van der Waals surface area contributed by atoms with Crippen molar-refractivity contribution >= 4 is 14.0 Å². The largest absolute Gasteiger partial charge is 0.392 e. The monoisotopic (exact) mass is 481 g/mol. The number of aromatic nitrogens is 1. The fraction of sp³-hybridized carbons (Fsp3) is 0.231. The summed E-state index contributed by atoms with van der Waals surface area (Å²) in [6, 6.07) is 17.5. The molecule has 0 spiro atoms. The maximum Gasteiger partial charge on any atom is 0.322 e. The standard InChI is InChI=1S/C26H25FNO5P/c1-17(2)26-22(12-13-33-25(30)14-21(29)16-34(31)32)23(18-8-10-20(27)11-9-18)15-24(28-26)19-6-4-3-5-7-19/h3-11,15,17,21,29,34H,14,16H2,1-2H3,(H,31,32). The van der Waals surface area contributed by atoms with Gasteiger partial charge in [0, 0.05) is 17.3 Å². The molecule has 176 valence electrons. The predicted molar refractivity (Wildman–Crippen MR) is 129 cm³/mol. The lowest BCUT2D eigenvalue weighted by molar-refractivity contribution is -0.138. The number of aliphatic hydroxyl groups is 1. The van der Waals surface area contributed by atoms with Gasteiger partial charge in [0.15, 0.2) is 8.03 Å². The zero-order valence-corrected chi connectivity index (χ0v) is 19.8. The molecule has 0 radical (unpaired) electrons. The summed E-state index contributed by atoms with van der Waals surface area (Å²) in [6.45, 7) is 3.94. The van der Waals surface area contributed by atoms with Gasteiger partial charge in [0.25, 0.3) is 0 Å². The summed E-state index contributed by atoms with van der Waals surface area (Å²) in [7, 11) is -2.90. The van der Waals surface area contributed by atoms with Gasteiger partial charge in [0.2, 0.25) is 0 Å². The van der Waals surface area contributed by atoms with Gasteiger partial charge in [-0.25, -0.2) is 4.39 Å². The first-order chi connectivity index (χ1) is 16.2. The Kier molecular flexibility index (Phi) is 8.72. The number of nitrogens with zero attached hydrogens (tertiary/aromatic N) is 1. The average Bonchev–Trinajstić information content (AvgIpc) is 2.79. The normalized spacial score (nSPS) is 12.5. The number of benzene rings is 2. The Morgan fingerprint density at radius 1 is 1.12 bits per heavy atom. The van der Waals surface area contributed by atoms with Gasteiger partial charge in [0.05, 0.1) is 29.5 Å². The van der Waals surface area contributed by atoms with Crippen molar-refractivity contribution in [2.24, 2.45) is 0 Å². The Hall–Kier alpha value is -3.30. The number of hydrogen-bond acceptors (Lipinski definition) is 5. The van der Waals surface area contributed by atoms with Crippen LogP contribution in [0.1, 0.15) is 37.4 Å². The van der Waals surface area contributed by atoms with Crippen molar-refractivity contribution in [2.45, 2.75) is 32.3 Å². The molecule has 0 aliphatic rings. The number of esters is 1. The first kappa shape index (κ1) is 25.3. The van der Waals surface area contributed by atoms with E-state index in [0.717, 1.165) is 16.8 Å². The van der Waals surface area contributed by atoms with Crippen molar-refractivity contribution in [3.63, 3.8) is 0 Å². The lowest BCUT2D eigenvalue weighted by Gasteiger charge is -2.16. The third kappa shape index (κ3) is 6.85. The lowest BCUT2D eigenvalue weighted by Crippen LogP contribution is -2.16. The van der Waals surface area contributed by atoms with Gasteiger partial charge in [-0.05, 0) is 35.6 Å². The van der Waals surface area contributed by atoms with E-state index < -0.39 is 26.5 Å². The minimum Gasteiger partial charge on any atom is -0.392 e. The van der Waals surface area contributed by atoms with Crippen LogP contribution in [0.5, 0.6) is 0 Å². The molecule has 0 amide bonds. The fourth-order valence-electron chi connectivity index (χ4n) is 3.37. The van der Waals surface area contributed by atoms with Crippen LogP contribution in [0.2, 0.25) is 0 Å². The molecule has 8 heteroatoms. The summed E-state index contributed by atoms with van der Waals surface area (Å²) in [5.41, 5.74) is 4.30. The topological polar surface area (TPSA) is 96.7 Å². The van der Waals surface area contributed by atoms with Crippen LogP contribution in [0.4, 0.5) is 4.39 Å². The van der Waals surface area contributed by atoms with Crippen LogP contribution in [0, 0.1) is 17.8 Å². The van der Waals surface area contributed by atoms with Gasteiger partial charge >= 0.3 is 5.97 Å². The smallest absolute Gasteiger partial charge is 0.322 e. The first-order valence-corrected chi connectivity index (χ1v) is 12.3. The molecule has 1 aromatic heterocycles. The molecule has 2 unspecified atom stereocenters. The second kappa shape index (κ2) is 11.7. The van der Waals surface area contributed by atoms with Crippen molar-refractivity contribution in [1.82, 2.24) is 4.98 Å². The third-order valence-electron chi connectivity index (χ3n) is 4.97. The third-order valence-corrected chi connectivity index (χ3v) is 5.79. The summed E-state index contributed by atoms with van der Waals surface area (Å²) >= 11 is 0. The predicted octanol–water partition coefficient (Wildman–Crippen LogP) is 4.75. The Balaban J connectivity index is 2.03. The van der Waals surface area contributed by atoms with E-state index in [0.29, 0.717) is 16.8 Å². The van der Waals surface area contributed by atoms with Crippen molar-refractivity contribution in [3.8, 4) is 34.4 Å². The maximum absolute atomic E-state index is 13.6. The highest BCUT2D eigenvalue weighted by molar-refractivity contribution is 7.38. The first-order valence-electron chi connectivity index (χ1n) is 10.7. The molecule has 6 nitrogen and oxygen atoms in total. The molecule has 0 bridgehead atoms. The van der Waals surface area contributed by atoms with E-state index in [1.165, 1.54) is 12.1 Å². The van der Waals surface area contributed by atoms with E-state index in [1.807, 2.05) is 50.2 Å². The highest BCUT2D eigenvalue weighted by Gasteiger charge is 2.17. The molecular formula is C26H25FNO5P. The van der Waals surface area contributed by atoms with Crippen LogP contribution < -0.4 is 0 Å². The van der Waals surface area contributed by atoms with E-state index in [9.17, 15) is 18.9 Å². The van der Waals surface area contributed by atoms with E-state index in [1.54, 1.807) is 12.1 Å². The zero-order valence-electron chi connectivity index (χ0n) is 18.8. The van der Waals surface area contributed by atoms with E-state index in [4.69, 9.17) is 14.6 Å². The van der Waals surface area contributed by atoms with Crippen LogP contribution in [0.15, 0.2) is 60.7 Å². The molecule has 2 atom stereocenters. The van der Waals surface area contributed by atoms with Crippen molar-refractivity contribution in [1.29, 1.82) is 0 Å². The Morgan fingerprint density at radius 2 is 1.79 bits per heavy atom. The quantitative estimate of drug-likeness (QED) is 0.287. The molecule has 0 saturated heterocycles. The number of pyridine rings is 1. The number of ether oxygens (including phenoxy) is 1. The van der Waals surface area contributed by atoms with Crippen molar-refractivity contribution in [2.75, 3.05) is 6.16 Å². The summed E-state index contributed by atoms with van der Waals surface area (Å²) in [5, 5.41) is 9.65. The molecule has 2 aromatic carbocycles. The summed E-state index contributed by atoms with van der Waals surface area (Å²) in [4.78, 5) is 25.6. The SMILES string of the molecule is CC(C)c1nc(-c2ccccc2)cc(-c2ccc(F)cc2)c1C#COC(=O)CC(O)C[PH](=O)O. The van der Waals surface area contributed by atoms with Crippen LogP contribution in [0.3, 0.4) is 0 Å². The molecule has 1 heterocycles. The fourth-order valence-corrected chi connectivity index (χ4v) is 3.92. The molecule has 0 fully saturated rings. The van der Waals surface area contributed by atoms with Crippen LogP contribution in [0.25, 0.3) is 22.4 Å². The van der Waals surface area contributed by atoms with E-state index in [2.05, 4.69) is 12.0 Å². The highest BCUT2D eigenvalue weighted by atomic mass is 31.1. The van der Waals surface area contributed by atoms with Gasteiger partial charge < -0.3 is 14.7 Å². The van der Waals surface area contributed by atoms with Gasteiger partial charge in [-0.15, -0.1) is 0 Å². The average molecular weight is 481 g/mol. The zero-order chi connectivity index (χ0) is 24.7. The van der Waals surface area contributed by atoms with E-state index in [-0.39, 0.29) is 17.9 Å². The Morgan fingerprint density at radius 3 is 2.41 bits per heavy atom. The molecule has 34 heavy (non-hydrogen) atoms. The highest BCUT2D eigenvalue weighted by Crippen LogP contribution is 2.33. The minimum absolute atomic E-state index is 0.0214.